The second-order valence-corrected chi connectivity index (χ2v) is 5.01. The lowest BCUT2D eigenvalue weighted by Gasteiger charge is -2.31. The molecule has 2 amide bonds. The number of amides is 2. The normalized spacial score (nSPS) is 17.8. The summed E-state index contributed by atoms with van der Waals surface area (Å²) >= 11 is 0. The fraction of sp³-hybridized carbons (Fsp3) is 0.500. The number of nitrogens with zero attached hydrogens (tertiary/aromatic N) is 2. The number of anilines is 1. The summed E-state index contributed by atoms with van der Waals surface area (Å²) < 4.78 is 53.7. The van der Waals surface area contributed by atoms with Crippen LogP contribution in [0.25, 0.3) is 0 Å². The number of esters is 1. The molecule has 1 aromatic heterocycles. The number of halogens is 3. The highest BCUT2D eigenvalue weighted by molar-refractivity contribution is 5.90. The van der Waals surface area contributed by atoms with Gasteiger partial charge in [-0.05, 0) is 6.07 Å². The van der Waals surface area contributed by atoms with Crippen LogP contribution in [0, 0.1) is 0 Å². The molecular formula is C14H16F3N3O5. The molecule has 0 aromatic carbocycles. The first-order valence-corrected chi connectivity index (χ1v) is 7.14. The number of pyridine rings is 1. The summed E-state index contributed by atoms with van der Waals surface area (Å²) in [5.74, 6) is -0.901. The lowest BCUT2D eigenvalue weighted by Crippen LogP contribution is -2.50. The van der Waals surface area contributed by atoms with E-state index in [1.54, 1.807) is 0 Å². The molecule has 138 valence electrons. The first-order chi connectivity index (χ1) is 11.8. The average molecular weight is 363 g/mol. The molecule has 1 aliphatic heterocycles. The molecule has 2 heterocycles. The fourth-order valence-corrected chi connectivity index (χ4v) is 2.17. The second kappa shape index (κ2) is 7.55. The van der Waals surface area contributed by atoms with Gasteiger partial charge in [0.2, 0.25) is 5.88 Å². The van der Waals surface area contributed by atoms with Crippen molar-refractivity contribution < 1.29 is 37.0 Å². The lowest BCUT2D eigenvalue weighted by molar-refractivity contribution is -0.158. The van der Waals surface area contributed by atoms with E-state index >= 15 is 0 Å². The van der Waals surface area contributed by atoms with Gasteiger partial charge in [0.1, 0.15) is 0 Å². The maximum Gasteiger partial charge on any atom is 0.435 e. The number of nitrogens with one attached hydrogen (secondary N) is 1. The third-order valence-corrected chi connectivity index (χ3v) is 3.41. The van der Waals surface area contributed by atoms with Gasteiger partial charge < -0.3 is 24.4 Å². The molecule has 0 aliphatic carbocycles. The van der Waals surface area contributed by atoms with E-state index < -0.39 is 35.7 Å². The number of hydrogen-bond acceptors (Lipinski definition) is 6. The highest BCUT2D eigenvalue weighted by Crippen LogP contribution is 2.34. The minimum atomic E-state index is -4.78. The quantitative estimate of drug-likeness (QED) is 0.819. The van der Waals surface area contributed by atoms with Gasteiger partial charge in [-0.3, -0.25) is 0 Å². The van der Waals surface area contributed by atoms with Crippen LogP contribution >= 0.6 is 0 Å². The summed E-state index contributed by atoms with van der Waals surface area (Å²) in [6.45, 7) is 0.0356. The number of hydrogen-bond donors (Lipinski definition) is 1. The van der Waals surface area contributed by atoms with Gasteiger partial charge in [0.05, 0.1) is 33.1 Å². The van der Waals surface area contributed by atoms with Crippen molar-refractivity contribution in [3.05, 3.63) is 17.8 Å². The van der Waals surface area contributed by atoms with E-state index in [2.05, 4.69) is 19.8 Å². The Bertz CT molecular complexity index is 653. The highest BCUT2D eigenvalue weighted by Gasteiger charge is 2.37. The maximum absolute atomic E-state index is 13.1. The molecule has 0 radical (unpaired) electrons. The molecule has 1 aliphatic rings. The van der Waals surface area contributed by atoms with Crippen molar-refractivity contribution >= 4 is 17.7 Å². The van der Waals surface area contributed by atoms with E-state index in [1.807, 2.05) is 0 Å². The number of morpholine rings is 1. The van der Waals surface area contributed by atoms with Crippen molar-refractivity contribution in [1.82, 2.24) is 9.88 Å². The molecule has 2 rings (SSSR count). The Morgan fingerprint density at radius 2 is 2.08 bits per heavy atom. The van der Waals surface area contributed by atoms with Gasteiger partial charge in [-0.2, -0.15) is 13.2 Å². The van der Waals surface area contributed by atoms with Crippen LogP contribution in [-0.4, -0.2) is 61.9 Å². The van der Waals surface area contributed by atoms with E-state index in [9.17, 15) is 22.8 Å². The first kappa shape index (κ1) is 18.8. The average Bonchev–Trinajstić information content (AvgIpc) is 2.60. The zero-order valence-corrected chi connectivity index (χ0v) is 13.4. The smallest absolute Gasteiger partial charge is 0.435 e. The van der Waals surface area contributed by atoms with Gasteiger partial charge in [-0.1, -0.05) is 0 Å². The number of aromatic nitrogens is 1. The summed E-state index contributed by atoms with van der Waals surface area (Å²) in [7, 11) is 2.35. The molecule has 11 heteroatoms. The molecule has 1 N–H and O–H groups in total. The standard InChI is InChI=1S/C14H16F3N3O5/c1-23-10-4-3-8(11(19-10)14(15,16)17)18-13(22)20-5-6-25-9(7-20)12(21)24-2/h3-4,9H,5-7H2,1-2H3,(H,18,22)/t9-/m0/s1. The largest absolute Gasteiger partial charge is 0.481 e. The van der Waals surface area contributed by atoms with Crippen molar-refractivity contribution in [1.29, 1.82) is 0 Å². The number of urea groups is 1. The van der Waals surface area contributed by atoms with Crippen LogP contribution in [0.1, 0.15) is 5.69 Å². The third kappa shape index (κ3) is 4.50. The van der Waals surface area contributed by atoms with Crippen molar-refractivity contribution in [2.24, 2.45) is 0 Å². The summed E-state index contributed by atoms with van der Waals surface area (Å²) in [5, 5.41) is 2.16. The van der Waals surface area contributed by atoms with Crippen LogP contribution in [0.4, 0.5) is 23.7 Å². The molecule has 0 unspecified atom stereocenters. The highest BCUT2D eigenvalue weighted by atomic mass is 19.4. The molecule has 1 atom stereocenters. The van der Waals surface area contributed by atoms with E-state index in [1.165, 1.54) is 20.3 Å². The zero-order valence-electron chi connectivity index (χ0n) is 13.4. The predicted molar refractivity (Wildman–Crippen MR) is 78.1 cm³/mol. The topological polar surface area (TPSA) is 90.0 Å². The fourth-order valence-electron chi connectivity index (χ4n) is 2.17. The Kier molecular flexibility index (Phi) is 5.67. The van der Waals surface area contributed by atoms with Crippen LogP contribution in [0.15, 0.2) is 12.1 Å². The van der Waals surface area contributed by atoms with Crippen LogP contribution < -0.4 is 10.1 Å². The second-order valence-electron chi connectivity index (χ2n) is 5.01. The summed E-state index contributed by atoms with van der Waals surface area (Å²) in [5.41, 5.74) is -1.79. The van der Waals surface area contributed by atoms with Crippen molar-refractivity contribution in [2.45, 2.75) is 12.3 Å². The molecule has 0 bridgehead atoms. The van der Waals surface area contributed by atoms with Crippen LogP contribution in [0.2, 0.25) is 0 Å². The molecule has 8 nitrogen and oxygen atoms in total. The van der Waals surface area contributed by atoms with Gasteiger partial charge in [0.15, 0.2) is 11.8 Å². The van der Waals surface area contributed by atoms with Crippen LogP contribution in [-0.2, 0) is 20.4 Å². The molecule has 1 saturated heterocycles. The van der Waals surface area contributed by atoms with Crippen molar-refractivity contribution in [3.63, 3.8) is 0 Å². The van der Waals surface area contributed by atoms with Gasteiger partial charge in [0.25, 0.3) is 0 Å². The minimum Gasteiger partial charge on any atom is -0.481 e. The lowest BCUT2D eigenvalue weighted by atomic mass is 10.2. The van der Waals surface area contributed by atoms with Crippen molar-refractivity contribution in [2.75, 3.05) is 39.2 Å². The van der Waals surface area contributed by atoms with E-state index in [0.717, 1.165) is 11.0 Å². The molecule has 0 spiro atoms. The monoisotopic (exact) mass is 363 g/mol. The Hall–Kier alpha value is -2.56. The Labute approximate surface area is 140 Å². The molecule has 1 aromatic rings. The molecule has 1 fully saturated rings. The number of ether oxygens (including phenoxy) is 3. The van der Waals surface area contributed by atoms with Gasteiger partial charge >= 0.3 is 18.2 Å². The van der Waals surface area contributed by atoms with Gasteiger partial charge in [-0.25, -0.2) is 14.6 Å². The number of rotatable bonds is 3. The maximum atomic E-state index is 13.1. The van der Waals surface area contributed by atoms with Crippen LogP contribution in [0.3, 0.4) is 0 Å². The predicted octanol–water partition coefficient (Wildman–Crippen LogP) is 1.51. The molecular weight excluding hydrogens is 347 g/mol. The van der Waals surface area contributed by atoms with E-state index in [0.29, 0.717) is 0 Å². The van der Waals surface area contributed by atoms with Crippen molar-refractivity contribution in [3.8, 4) is 5.88 Å². The Morgan fingerprint density at radius 1 is 1.36 bits per heavy atom. The van der Waals surface area contributed by atoms with E-state index in [4.69, 9.17) is 4.74 Å². The Morgan fingerprint density at radius 3 is 2.68 bits per heavy atom. The zero-order chi connectivity index (χ0) is 18.6. The third-order valence-electron chi connectivity index (χ3n) is 3.41. The van der Waals surface area contributed by atoms with Gasteiger partial charge in [0, 0.05) is 12.6 Å². The Balaban J connectivity index is 2.16. The van der Waals surface area contributed by atoms with E-state index in [-0.39, 0.29) is 25.6 Å². The summed E-state index contributed by atoms with van der Waals surface area (Å²) in [6.07, 6.45) is -5.77. The van der Waals surface area contributed by atoms with Gasteiger partial charge in [-0.15, -0.1) is 0 Å². The minimum absolute atomic E-state index is 0.0557. The first-order valence-electron chi connectivity index (χ1n) is 7.14. The number of alkyl halides is 3. The van der Waals surface area contributed by atoms with Crippen LogP contribution in [0.5, 0.6) is 5.88 Å². The molecule has 0 saturated carbocycles. The number of methoxy groups -OCH3 is 2. The number of carbonyl (C=O) groups is 2. The summed E-state index contributed by atoms with van der Waals surface area (Å²) in [6, 6.07) is 1.43. The SMILES string of the molecule is COC(=O)[C@@H]1CN(C(=O)Nc2ccc(OC)nc2C(F)(F)F)CCO1. The number of carbonyl (C=O) groups excluding carboxylic acids is 2. The summed E-state index contributed by atoms with van der Waals surface area (Å²) in [4.78, 5) is 28.2. The molecule has 25 heavy (non-hydrogen) atoms.